The van der Waals surface area contributed by atoms with Crippen LogP contribution >= 0.6 is 11.3 Å². The number of ether oxygens (including phenoxy) is 1. The zero-order valence-corrected chi connectivity index (χ0v) is 15.6. The van der Waals surface area contributed by atoms with Crippen LogP contribution in [0.2, 0.25) is 0 Å². The van der Waals surface area contributed by atoms with Crippen LogP contribution in [0, 0.1) is 11.6 Å². The van der Waals surface area contributed by atoms with Crippen LogP contribution in [-0.2, 0) is 13.2 Å². The Morgan fingerprint density at radius 1 is 1.07 bits per heavy atom. The van der Waals surface area contributed by atoms with E-state index in [1.807, 2.05) is 0 Å². The molecule has 0 aliphatic heterocycles. The minimum atomic E-state index is -0.534. The van der Waals surface area contributed by atoms with Crippen LogP contribution in [-0.4, -0.2) is 21.9 Å². The predicted octanol–water partition coefficient (Wildman–Crippen LogP) is 3.53. The summed E-state index contributed by atoms with van der Waals surface area (Å²) in [6.45, 7) is 1.52. The standard InChI is InChI=1S/C19H15F2N3O3S/c1-11(25)15-8-14(21)6-7-16(15)27-10-17-23-24-19(28-17)18(26)22-9-12-2-4-13(20)5-3-12/h2-8H,9-10H2,1H3,(H,22,26). The van der Waals surface area contributed by atoms with E-state index in [1.54, 1.807) is 12.1 Å². The van der Waals surface area contributed by atoms with E-state index in [1.165, 1.54) is 31.2 Å². The van der Waals surface area contributed by atoms with Gasteiger partial charge in [0, 0.05) is 6.54 Å². The summed E-state index contributed by atoms with van der Waals surface area (Å²) in [4.78, 5) is 23.7. The van der Waals surface area contributed by atoms with Crippen molar-refractivity contribution in [2.24, 2.45) is 0 Å². The first-order valence-electron chi connectivity index (χ1n) is 8.20. The Hall–Kier alpha value is -3.20. The largest absolute Gasteiger partial charge is 0.486 e. The van der Waals surface area contributed by atoms with Crippen molar-refractivity contribution in [1.29, 1.82) is 0 Å². The van der Waals surface area contributed by atoms with Crippen LogP contribution in [0.25, 0.3) is 0 Å². The monoisotopic (exact) mass is 403 g/mol. The normalized spacial score (nSPS) is 10.5. The maximum Gasteiger partial charge on any atom is 0.282 e. The molecule has 0 saturated carbocycles. The molecule has 6 nitrogen and oxygen atoms in total. The third-order valence-corrected chi connectivity index (χ3v) is 4.59. The van der Waals surface area contributed by atoms with Crippen molar-refractivity contribution in [2.45, 2.75) is 20.1 Å². The smallest absolute Gasteiger partial charge is 0.282 e. The van der Waals surface area contributed by atoms with Crippen molar-refractivity contribution in [3.05, 3.63) is 75.2 Å². The fraction of sp³-hybridized carbons (Fsp3) is 0.158. The lowest BCUT2D eigenvalue weighted by molar-refractivity contribution is 0.0948. The summed E-state index contributed by atoms with van der Waals surface area (Å²) in [7, 11) is 0. The van der Waals surface area contributed by atoms with Gasteiger partial charge >= 0.3 is 0 Å². The third kappa shape index (κ3) is 4.95. The molecule has 0 aliphatic rings. The van der Waals surface area contributed by atoms with Gasteiger partial charge in [-0.2, -0.15) is 0 Å². The molecule has 1 heterocycles. The maximum atomic E-state index is 13.3. The second-order valence-corrected chi connectivity index (χ2v) is 6.86. The zero-order chi connectivity index (χ0) is 20.1. The molecule has 1 aromatic heterocycles. The molecule has 28 heavy (non-hydrogen) atoms. The van der Waals surface area contributed by atoms with Crippen LogP contribution in [0.15, 0.2) is 42.5 Å². The average molecular weight is 403 g/mol. The number of halogens is 2. The lowest BCUT2D eigenvalue weighted by Gasteiger charge is -2.08. The maximum absolute atomic E-state index is 13.3. The molecule has 2 aromatic carbocycles. The van der Waals surface area contributed by atoms with Gasteiger partial charge in [0.15, 0.2) is 10.8 Å². The molecule has 0 aliphatic carbocycles. The third-order valence-electron chi connectivity index (χ3n) is 3.70. The van der Waals surface area contributed by atoms with Crippen LogP contribution in [0.5, 0.6) is 5.75 Å². The Morgan fingerprint density at radius 2 is 1.79 bits per heavy atom. The van der Waals surface area contributed by atoms with Crippen LogP contribution in [0.4, 0.5) is 8.78 Å². The average Bonchev–Trinajstić information content (AvgIpc) is 3.15. The molecule has 0 radical (unpaired) electrons. The van der Waals surface area contributed by atoms with E-state index in [9.17, 15) is 18.4 Å². The van der Waals surface area contributed by atoms with E-state index in [4.69, 9.17) is 4.74 Å². The summed E-state index contributed by atoms with van der Waals surface area (Å²) in [5.74, 6) is -1.40. The fourth-order valence-corrected chi connectivity index (χ4v) is 2.98. The zero-order valence-electron chi connectivity index (χ0n) is 14.7. The number of rotatable bonds is 7. The Bertz CT molecular complexity index is 1010. The van der Waals surface area contributed by atoms with Crippen LogP contribution < -0.4 is 10.1 Å². The van der Waals surface area contributed by atoms with E-state index < -0.39 is 11.7 Å². The Balaban J connectivity index is 1.59. The number of ketones is 1. The summed E-state index contributed by atoms with van der Waals surface area (Å²) < 4.78 is 31.7. The number of benzene rings is 2. The quantitative estimate of drug-likeness (QED) is 0.611. The van der Waals surface area contributed by atoms with E-state index in [2.05, 4.69) is 15.5 Å². The van der Waals surface area contributed by atoms with E-state index in [-0.39, 0.29) is 41.1 Å². The van der Waals surface area contributed by atoms with Crippen molar-refractivity contribution in [3.8, 4) is 5.75 Å². The number of nitrogens with zero attached hydrogens (tertiary/aromatic N) is 2. The van der Waals surface area contributed by atoms with Gasteiger partial charge in [-0.3, -0.25) is 9.59 Å². The molecule has 0 atom stereocenters. The number of carbonyl (C=O) groups is 2. The van der Waals surface area contributed by atoms with Gasteiger partial charge < -0.3 is 10.1 Å². The van der Waals surface area contributed by atoms with Crippen molar-refractivity contribution < 1.29 is 23.1 Å². The topological polar surface area (TPSA) is 81.2 Å². The van der Waals surface area contributed by atoms with Gasteiger partial charge in [0.05, 0.1) is 5.56 Å². The summed E-state index contributed by atoms with van der Waals surface area (Å²) in [6, 6.07) is 9.43. The summed E-state index contributed by atoms with van der Waals surface area (Å²) in [5, 5.41) is 10.9. The van der Waals surface area contributed by atoms with Gasteiger partial charge in [-0.1, -0.05) is 23.5 Å². The number of amides is 1. The number of carbonyl (C=O) groups excluding carboxylic acids is 2. The molecule has 0 spiro atoms. The van der Waals surface area contributed by atoms with Gasteiger partial charge in [-0.15, -0.1) is 10.2 Å². The highest BCUT2D eigenvalue weighted by molar-refractivity contribution is 7.13. The molecule has 1 N–H and O–H groups in total. The second-order valence-electron chi connectivity index (χ2n) is 5.80. The molecule has 1 amide bonds. The molecule has 0 saturated heterocycles. The van der Waals surface area contributed by atoms with E-state index in [0.29, 0.717) is 5.01 Å². The van der Waals surface area contributed by atoms with Crippen molar-refractivity contribution in [1.82, 2.24) is 15.5 Å². The van der Waals surface area contributed by atoms with Gasteiger partial charge in [-0.05, 0) is 42.8 Å². The first kappa shape index (κ1) is 19.6. The first-order valence-corrected chi connectivity index (χ1v) is 9.02. The lowest BCUT2D eigenvalue weighted by atomic mass is 10.1. The molecule has 144 valence electrons. The van der Waals surface area contributed by atoms with Gasteiger partial charge in [0.25, 0.3) is 5.91 Å². The van der Waals surface area contributed by atoms with Crippen molar-refractivity contribution in [3.63, 3.8) is 0 Å². The van der Waals surface area contributed by atoms with Crippen molar-refractivity contribution in [2.75, 3.05) is 0 Å². The van der Waals surface area contributed by atoms with Crippen molar-refractivity contribution >= 4 is 23.0 Å². The van der Waals surface area contributed by atoms with E-state index in [0.717, 1.165) is 23.0 Å². The summed E-state index contributed by atoms with van der Waals surface area (Å²) >= 11 is 1.04. The van der Waals surface area contributed by atoms with Gasteiger partial charge in [-0.25, -0.2) is 8.78 Å². The van der Waals surface area contributed by atoms with Gasteiger partial charge in [0.1, 0.15) is 24.0 Å². The second kappa shape index (κ2) is 8.66. The Morgan fingerprint density at radius 3 is 2.50 bits per heavy atom. The highest BCUT2D eigenvalue weighted by Gasteiger charge is 2.15. The highest BCUT2D eigenvalue weighted by atomic mass is 32.1. The molecule has 0 bridgehead atoms. The lowest BCUT2D eigenvalue weighted by Crippen LogP contribution is -2.22. The number of Topliss-reactive ketones (excluding diaryl/α,β-unsaturated/α-hetero) is 1. The minimum Gasteiger partial charge on any atom is -0.486 e. The molecular formula is C19H15F2N3O3S. The Labute approximate surface area is 163 Å². The minimum absolute atomic E-state index is 0.0190. The van der Waals surface area contributed by atoms with Crippen LogP contribution in [0.3, 0.4) is 0 Å². The molecule has 3 aromatic rings. The number of aromatic nitrogens is 2. The van der Waals surface area contributed by atoms with Gasteiger partial charge in [0.2, 0.25) is 5.01 Å². The summed E-state index contributed by atoms with van der Waals surface area (Å²) in [6.07, 6.45) is 0. The Kier molecular flexibility index (Phi) is 6.05. The molecule has 0 fully saturated rings. The van der Waals surface area contributed by atoms with Crippen LogP contribution in [0.1, 0.15) is 37.7 Å². The molecule has 0 unspecified atom stereocenters. The fourth-order valence-electron chi connectivity index (χ4n) is 2.31. The molecule has 9 heteroatoms. The molecular weight excluding hydrogens is 388 g/mol. The predicted molar refractivity (Wildman–Crippen MR) is 98.2 cm³/mol. The highest BCUT2D eigenvalue weighted by Crippen LogP contribution is 2.22. The number of nitrogens with one attached hydrogen (secondary N) is 1. The molecule has 3 rings (SSSR count). The first-order chi connectivity index (χ1) is 13.4. The number of hydrogen-bond donors (Lipinski definition) is 1. The number of hydrogen-bond acceptors (Lipinski definition) is 6. The summed E-state index contributed by atoms with van der Waals surface area (Å²) in [5.41, 5.74) is 0.873. The SMILES string of the molecule is CC(=O)c1cc(F)ccc1OCc1nnc(C(=O)NCc2ccc(F)cc2)s1. The van der Waals surface area contributed by atoms with E-state index >= 15 is 0 Å².